The number of rotatable bonds is 3. The standard InChI is InChI=1S/C43H28S/c1-3-25-13-19-38-42-33(25)16-17-36-34(18-20-39(44-38)43(36)42)37-23-29-9-10-30(22-31(29)21-24(37)2)32-14-11-28-8-7-26-5-4-6-27-12-15-35(32)41(28)40(26)27/h4-23H,3H2,1-2H3. The first kappa shape index (κ1) is 24.5. The maximum Gasteiger partial charge on any atom is 0.0362 e. The molecule has 0 bridgehead atoms. The fraction of sp³-hybridized carbons (Fsp3) is 0.0698. The van der Waals surface area contributed by atoms with Gasteiger partial charge in [-0.1, -0.05) is 104 Å². The van der Waals surface area contributed by atoms with E-state index in [1.54, 1.807) is 0 Å². The minimum absolute atomic E-state index is 1.06. The first-order valence-corrected chi connectivity index (χ1v) is 16.4. The molecular formula is C43H28S. The lowest BCUT2D eigenvalue weighted by atomic mass is 9.88. The van der Waals surface area contributed by atoms with Crippen LogP contribution < -0.4 is 0 Å². The Balaban J connectivity index is 1.15. The van der Waals surface area contributed by atoms with Gasteiger partial charge in [0.05, 0.1) is 0 Å². The predicted molar refractivity (Wildman–Crippen MR) is 194 cm³/mol. The summed E-state index contributed by atoms with van der Waals surface area (Å²) in [5.41, 5.74) is 7.97. The molecule has 0 aliphatic heterocycles. The van der Waals surface area contributed by atoms with Crippen LogP contribution in [0.3, 0.4) is 0 Å². The van der Waals surface area contributed by atoms with Crippen molar-refractivity contribution in [1.29, 1.82) is 0 Å². The maximum atomic E-state index is 2.41. The Morgan fingerprint density at radius 3 is 1.93 bits per heavy atom. The number of hydrogen-bond donors (Lipinski definition) is 0. The lowest BCUT2D eigenvalue weighted by Gasteiger charge is -2.16. The highest BCUT2D eigenvalue weighted by Gasteiger charge is 2.18. The van der Waals surface area contributed by atoms with Crippen LogP contribution in [0.4, 0.5) is 0 Å². The molecule has 0 atom stereocenters. The fourth-order valence-corrected chi connectivity index (χ4v) is 9.11. The van der Waals surface area contributed by atoms with E-state index in [4.69, 9.17) is 0 Å². The van der Waals surface area contributed by atoms with Crippen molar-refractivity contribution in [3.63, 3.8) is 0 Å². The van der Waals surface area contributed by atoms with E-state index in [9.17, 15) is 0 Å². The molecule has 1 heterocycles. The molecule has 0 spiro atoms. The van der Waals surface area contributed by atoms with E-state index in [2.05, 4.69) is 135 Å². The van der Waals surface area contributed by atoms with Gasteiger partial charge < -0.3 is 0 Å². The van der Waals surface area contributed by atoms with Crippen LogP contribution in [-0.2, 0) is 6.42 Å². The molecule has 0 radical (unpaired) electrons. The van der Waals surface area contributed by atoms with Gasteiger partial charge in [0.25, 0.3) is 0 Å². The number of hydrogen-bond acceptors (Lipinski definition) is 1. The third-order valence-corrected chi connectivity index (χ3v) is 11.2. The quantitative estimate of drug-likeness (QED) is 0.184. The van der Waals surface area contributed by atoms with Gasteiger partial charge in [0, 0.05) is 20.2 Å². The monoisotopic (exact) mass is 576 g/mol. The Morgan fingerprint density at radius 2 is 1.09 bits per heavy atom. The van der Waals surface area contributed by atoms with Gasteiger partial charge in [-0.2, -0.15) is 0 Å². The number of fused-ring (bicyclic) bond motifs is 1. The average molecular weight is 577 g/mol. The molecular weight excluding hydrogens is 549 g/mol. The van der Waals surface area contributed by atoms with Gasteiger partial charge in [0.1, 0.15) is 0 Å². The Morgan fingerprint density at radius 1 is 0.455 bits per heavy atom. The van der Waals surface area contributed by atoms with Gasteiger partial charge in [-0.3, -0.25) is 0 Å². The van der Waals surface area contributed by atoms with Crippen molar-refractivity contribution in [2.24, 2.45) is 0 Å². The highest BCUT2D eigenvalue weighted by molar-refractivity contribution is 7.26. The Bertz CT molecular complexity index is 2740. The summed E-state index contributed by atoms with van der Waals surface area (Å²) in [5.74, 6) is 0. The SMILES string of the molecule is CCc1ccc2sc3ccc(-c4cc5ccc(-c6ccc7ccc8cccc9ccc6c7c89)cc5cc4C)c4ccc1c2c34. The van der Waals surface area contributed by atoms with E-state index >= 15 is 0 Å². The summed E-state index contributed by atoms with van der Waals surface area (Å²) in [6.45, 7) is 4.53. The first-order chi connectivity index (χ1) is 21.7. The summed E-state index contributed by atoms with van der Waals surface area (Å²) in [4.78, 5) is 0. The van der Waals surface area contributed by atoms with Crippen LogP contribution in [0, 0.1) is 6.92 Å². The molecule has 9 aromatic carbocycles. The number of benzene rings is 9. The minimum atomic E-state index is 1.06. The van der Waals surface area contributed by atoms with Gasteiger partial charge >= 0.3 is 0 Å². The molecule has 10 aromatic rings. The molecule has 0 aliphatic rings. The summed E-state index contributed by atoms with van der Waals surface area (Å²) in [6, 6.07) is 46.2. The zero-order valence-corrected chi connectivity index (χ0v) is 25.5. The zero-order valence-electron chi connectivity index (χ0n) is 24.7. The molecule has 206 valence electrons. The molecule has 0 saturated carbocycles. The molecule has 44 heavy (non-hydrogen) atoms. The third-order valence-electron chi connectivity index (χ3n) is 10.1. The van der Waals surface area contributed by atoms with E-state index < -0.39 is 0 Å². The highest BCUT2D eigenvalue weighted by atomic mass is 32.1. The van der Waals surface area contributed by atoms with Crippen molar-refractivity contribution in [2.75, 3.05) is 0 Å². The smallest absolute Gasteiger partial charge is 0.0362 e. The van der Waals surface area contributed by atoms with E-state index in [1.165, 1.54) is 107 Å². The van der Waals surface area contributed by atoms with Crippen molar-refractivity contribution in [1.82, 2.24) is 0 Å². The van der Waals surface area contributed by atoms with Crippen LogP contribution in [0.1, 0.15) is 18.1 Å². The van der Waals surface area contributed by atoms with Crippen LogP contribution in [-0.4, -0.2) is 0 Å². The Kier molecular flexibility index (Phi) is 4.88. The van der Waals surface area contributed by atoms with Crippen LogP contribution in [0.15, 0.2) is 121 Å². The lowest BCUT2D eigenvalue weighted by molar-refractivity contribution is 1.16. The molecule has 0 fully saturated rings. The second-order valence-corrected chi connectivity index (χ2v) is 13.5. The summed E-state index contributed by atoms with van der Waals surface area (Å²) in [5, 5.41) is 16.2. The van der Waals surface area contributed by atoms with Crippen molar-refractivity contribution >= 4 is 85.4 Å². The van der Waals surface area contributed by atoms with Crippen LogP contribution >= 0.6 is 11.3 Å². The van der Waals surface area contributed by atoms with E-state index in [0.717, 1.165) is 6.42 Å². The minimum Gasteiger partial charge on any atom is -0.135 e. The van der Waals surface area contributed by atoms with E-state index in [0.29, 0.717) is 0 Å². The van der Waals surface area contributed by atoms with Crippen LogP contribution in [0.2, 0.25) is 0 Å². The molecule has 0 aliphatic carbocycles. The van der Waals surface area contributed by atoms with Gasteiger partial charge in [0.2, 0.25) is 0 Å². The molecule has 0 nitrogen and oxygen atoms in total. The predicted octanol–water partition coefficient (Wildman–Crippen LogP) is 12.9. The maximum absolute atomic E-state index is 2.41. The van der Waals surface area contributed by atoms with Crippen LogP contribution in [0.25, 0.3) is 96.3 Å². The van der Waals surface area contributed by atoms with Crippen LogP contribution in [0.5, 0.6) is 0 Å². The third kappa shape index (κ3) is 3.23. The fourth-order valence-electron chi connectivity index (χ4n) is 7.98. The van der Waals surface area contributed by atoms with Gasteiger partial charge in [0.15, 0.2) is 0 Å². The topological polar surface area (TPSA) is 0 Å². The molecule has 0 unspecified atom stereocenters. The Hall–Kier alpha value is -4.98. The first-order valence-electron chi connectivity index (χ1n) is 15.6. The van der Waals surface area contributed by atoms with Gasteiger partial charge in [-0.25, -0.2) is 0 Å². The molecule has 0 N–H and O–H groups in total. The second-order valence-electron chi connectivity index (χ2n) is 12.4. The highest BCUT2D eigenvalue weighted by Crippen LogP contribution is 2.46. The summed E-state index contributed by atoms with van der Waals surface area (Å²) in [7, 11) is 0. The van der Waals surface area contributed by atoms with E-state index in [1.807, 2.05) is 11.3 Å². The second kappa shape index (κ2) is 8.78. The average Bonchev–Trinajstić information content (AvgIpc) is 3.45. The van der Waals surface area contributed by atoms with Crippen molar-refractivity contribution in [3.05, 3.63) is 132 Å². The number of thiophene rings is 1. The Labute approximate surface area is 259 Å². The lowest BCUT2D eigenvalue weighted by Crippen LogP contribution is -1.90. The van der Waals surface area contributed by atoms with Gasteiger partial charge in [-0.15, -0.1) is 11.3 Å². The van der Waals surface area contributed by atoms with Crippen molar-refractivity contribution < 1.29 is 0 Å². The summed E-state index contributed by atoms with van der Waals surface area (Å²) in [6.07, 6.45) is 1.06. The van der Waals surface area contributed by atoms with Gasteiger partial charge in [-0.05, 0) is 125 Å². The van der Waals surface area contributed by atoms with E-state index in [-0.39, 0.29) is 0 Å². The molecule has 1 heteroatoms. The molecule has 10 rings (SSSR count). The summed E-state index contributed by atoms with van der Waals surface area (Å²) < 4.78 is 2.78. The zero-order chi connectivity index (χ0) is 29.1. The molecule has 0 saturated heterocycles. The normalized spacial score (nSPS) is 12.4. The summed E-state index contributed by atoms with van der Waals surface area (Å²) >= 11 is 1.92. The molecule has 0 amide bonds. The van der Waals surface area contributed by atoms with Crippen molar-refractivity contribution in [3.8, 4) is 22.3 Å². The molecule has 1 aromatic heterocycles. The number of aryl methyl sites for hydroxylation is 2. The van der Waals surface area contributed by atoms with Crippen molar-refractivity contribution in [2.45, 2.75) is 20.3 Å². The largest absolute Gasteiger partial charge is 0.135 e.